The fraction of sp³-hybridized carbons (Fsp3) is 0.900. The van der Waals surface area contributed by atoms with Crippen LogP contribution < -0.4 is 0 Å². The SMILES string of the molecule is CC(C)N1CC2CCC1CC2=O. The van der Waals surface area contributed by atoms with Crippen LogP contribution in [0.3, 0.4) is 0 Å². The fourth-order valence-corrected chi connectivity index (χ4v) is 2.57. The maximum atomic E-state index is 11.4. The van der Waals surface area contributed by atoms with E-state index in [4.69, 9.17) is 0 Å². The van der Waals surface area contributed by atoms with E-state index in [9.17, 15) is 4.79 Å². The van der Waals surface area contributed by atoms with Gasteiger partial charge in [-0.05, 0) is 26.7 Å². The van der Waals surface area contributed by atoms with E-state index in [-0.39, 0.29) is 0 Å². The molecule has 2 saturated heterocycles. The predicted octanol–water partition coefficient (Wildman–Crippen LogP) is 1.45. The number of hydrogen-bond donors (Lipinski definition) is 0. The number of piperidine rings is 2. The summed E-state index contributed by atoms with van der Waals surface area (Å²) in [6.07, 6.45) is 3.21. The molecule has 2 nitrogen and oxygen atoms in total. The number of rotatable bonds is 1. The maximum Gasteiger partial charge on any atom is 0.138 e. The third-order valence-corrected chi connectivity index (χ3v) is 3.30. The minimum atomic E-state index is 0.373. The minimum Gasteiger partial charge on any atom is -0.299 e. The highest BCUT2D eigenvalue weighted by Gasteiger charge is 2.39. The summed E-state index contributed by atoms with van der Waals surface area (Å²) in [5, 5.41) is 0. The topological polar surface area (TPSA) is 20.3 Å². The number of hydrogen-bond acceptors (Lipinski definition) is 2. The Bertz CT molecular complexity index is 200. The summed E-state index contributed by atoms with van der Waals surface area (Å²) in [6.45, 7) is 5.48. The molecule has 2 heterocycles. The van der Waals surface area contributed by atoms with Crippen LogP contribution in [0.2, 0.25) is 0 Å². The van der Waals surface area contributed by atoms with Gasteiger partial charge in [0.15, 0.2) is 0 Å². The van der Waals surface area contributed by atoms with Gasteiger partial charge < -0.3 is 0 Å². The summed E-state index contributed by atoms with van der Waals surface area (Å²) >= 11 is 0. The minimum absolute atomic E-state index is 0.373. The van der Waals surface area contributed by atoms with Crippen molar-refractivity contribution in [2.45, 2.75) is 45.2 Å². The third-order valence-electron chi connectivity index (χ3n) is 3.30. The average Bonchev–Trinajstić information content (AvgIpc) is 2.04. The molecule has 0 spiro atoms. The van der Waals surface area contributed by atoms with Gasteiger partial charge in [0.25, 0.3) is 0 Å². The molecule has 0 radical (unpaired) electrons. The summed E-state index contributed by atoms with van der Waals surface area (Å²) in [4.78, 5) is 13.9. The van der Waals surface area contributed by atoms with Crippen LogP contribution in [0, 0.1) is 5.92 Å². The van der Waals surface area contributed by atoms with E-state index in [0.29, 0.717) is 23.8 Å². The molecule has 2 aliphatic heterocycles. The second-order valence-corrected chi connectivity index (χ2v) is 4.39. The number of nitrogens with zero attached hydrogens (tertiary/aromatic N) is 1. The molecule has 0 aromatic rings. The zero-order valence-electron chi connectivity index (χ0n) is 7.92. The molecule has 0 aromatic heterocycles. The highest BCUT2D eigenvalue weighted by Crippen LogP contribution is 2.33. The van der Waals surface area contributed by atoms with Crippen molar-refractivity contribution >= 4 is 5.78 Å². The van der Waals surface area contributed by atoms with Crippen molar-refractivity contribution in [3.05, 3.63) is 0 Å². The van der Waals surface area contributed by atoms with Gasteiger partial charge in [0, 0.05) is 31.0 Å². The molecule has 0 aromatic carbocycles. The molecule has 2 atom stereocenters. The molecule has 0 N–H and O–H groups in total. The first-order valence-electron chi connectivity index (χ1n) is 4.97. The van der Waals surface area contributed by atoms with Gasteiger partial charge in [0.1, 0.15) is 5.78 Å². The normalized spacial score (nSPS) is 36.4. The Hall–Kier alpha value is -0.370. The fourth-order valence-electron chi connectivity index (χ4n) is 2.57. The summed E-state index contributed by atoms with van der Waals surface area (Å²) in [5.41, 5.74) is 0. The Morgan fingerprint density at radius 3 is 2.58 bits per heavy atom. The van der Waals surface area contributed by atoms with Gasteiger partial charge in [-0.3, -0.25) is 9.69 Å². The summed E-state index contributed by atoms with van der Waals surface area (Å²) < 4.78 is 0. The Kier molecular flexibility index (Phi) is 1.95. The average molecular weight is 167 g/mol. The molecule has 12 heavy (non-hydrogen) atoms. The highest BCUT2D eigenvalue weighted by molar-refractivity contribution is 5.83. The number of Topliss-reactive ketones (excluding diaryl/α,β-unsaturated/α-hetero) is 1. The van der Waals surface area contributed by atoms with Crippen molar-refractivity contribution in [3.8, 4) is 0 Å². The van der Waals surface area contributed by atoms with Crippen molar-refractivity contribution in [2.75, 3.05) is 6.54 Å². The van der Waals surface area contributed by atoms with E-state index in [1.807, 2.05) is 0 Å². The van der Waals surface area contributed by atoms with Gasteiger partial charge in [0.05, 0.1) is 0 Å². The van der Waals surface area contributed by atoms with Gasteiger partial charge in [-0.25, -0.2) is 0 Å². The van der Waals surface area contributed by atoms with Gasteiger partial charge in [-0.1, -0.05) is 0 Å². The lowest BCUT2D eigenvalue weighted by Gasteiger charge is -2.46. The van der Waals surface area contributed by atoms with Crippen molar-refractivity contribution < 1.29 is 4.79 Å². The lowest BCUT2D eigenvalue weighted by atomic mass is 9.78. The Labute approximate surface area is 73.9 Å². The molecule has 3 aliphatic rings. The maximum absolute atomic E-state index is 11.4. The molecule has 1 aliphatic carbocycles. The third kappa shape index (κ3) is 1.18. The standard InChI is InChI=1S/C10H17NO/c1-7(2)11-6-8-3-4-9(11)5-10(8)12/h7-9H,3-6H2,1-2H3. The predicted molar refractivity (Wildman–Crippen MR) is 48.0 cm³/mol. The van der Waals surface area contributed by atoms with E-state index in [1.165, 1.54) is 6.42 Å². The van der Waals surface area contributed by atoms with Gasteiger partial charge in [0.2, 0.25) is 0 Å². The number of fused-ring (bicyclic) bond motifs is 3. The number of carbonyl (C=O) groups is 1. The molecule has 3 rings (SSSR count). The lowest BCUT2D eigenvalue weighted by Crippen LogP contribution is -2.54. The quantitative estimate of drug-likeness (QED) is 0.589. The number of ketones is 1. The van der Waals surface area contributed by atoms with Crippen molar-refractivity contribution in [1.82, 2.24) is 4.90 Å². The molecule has 2 heteroatoms. The monoisotopic (exact) mass is 167 g/mol. The van der Waals surface area contributed by atoms with Crippen LogP contribution in [0.25, 0.3) is 0 Å². The summed E-state index contributed by atoms with van der Waals surface area (Å²) in [7, 11) is 0. The van der Waals surface area contributed by atoms with Crippen molar-refractivity contribution in [1.29, 1.82) is 0 Å². The van der Waals surface area contributed by atoms with E-state index < -0.39 is 0 Å². The first-order chi connectivity index (χ1) is 5.68. The highest BCUT2D eigenvalue weighted by atomic mass is 16.1. The van der Waals surface area contributed by atoms with Crippen LogP contribution >= 0.6 is 0 Å². The van der Waals surface area contributed by atoms with Gasteiger partial charge in [-0.15, -0.1) is 0 Å². The Morgan fingerprint density at radius 2 is 2.17 bits per heavy atom. The lowest BCUT2D eigenvalue weighted by molar-refractivity contribution is -0.133. The molecule has 1 saturated carbocycles. The summed E-state index contributed by atoms with van der Waals surface area (Å²) in [5.74, 6) is 0.889. The zero-order chi connectivity index (χ0) is 8.72. The zero-order valence-corrected chi connectivity index (χ0v) is 7.92. The Morgan fingerprint density at radius 1 is 1.42 bits per heavy atom. The first-order valence-corrected chi connectivity index (χ1v) is 4.97. The molecule has 68 valence electrons. The largest absolute Gasteiger partial charge is 0.299 e. The van der Waals surface area contributed by atoms with E-state index >= 15 is 0 Å². The second kappa shape index (κ2) is 2.84. The van der Waals surface area contributed by atoms with Crippen LogP contribution in [0.5, 0.6) is 0 Å². The molecular formula is C10H17NO. The number of carbonyl (C=O) groups excluding carboxylic acids is 1. The van der Waals surface area contributed by atoms with Crippen LogP contribution in [-0.2, 0) is 4.79 Å². The first kappa shape index (κ1) is 8.24. The van der Waals surface area contributed by atoms with Crippen LogP contribution in [0.1, 0.15) is 33.1 Å². The van der Waals surface area contributed by atoms with Gasteiger partial charge >= 0.3 is 0 Å². The van der Waals surface area contributed by atoms with Crippen molar-refractivity contribution in [3.63, 3.8) is 0 Å². The molecule has 0 amide bonds. The van der Waals surface area contributed by atoms with Crippen LogP contribution in [0.4, 0.5) is 0 Å². The summed E-state index contributed by atoms with van der Waals surface area (Å²) in [6, 6.07) is 1.19. The molecule has 2 bridgehead atoms. The Balaban J connectivity index is 2.10. The van der Waals surface area contributed by atoms with Crippen LogP contribution in [0.15, 0.2) is 0 Å². The van der Waals surface area contributed by atoms with E-state index in [0.717, 1.165) is 19.4 Å². The molecule has 2 unspecified atom stereocenters. The molecular weight excluding hydrogens is 150 g/mol. The van der Waals surface area contributed by atoms with E-state index in [1.54, 1.807) is 0 Å². The van der Waals surface area contributed by atoms with Crippen LogP contribution in [-0.4, -0.2) is 29.3 Å². The van der Waals surface area contributed by atoms with Gasteiger partial charge in [-0.2, -0.15) is 0 Å². The smallest absolute Gasteiger partial charge is 0.138 e. The van der Waals surface area contributed by atoms with E-state index in [2.05, 4.69) is 18.7 Å². The van der Waals surface area contributed by atoms with Crippen molar-refractivity contribution in [2.24, 2.45) is 5.92 Å². The second-order valence-electron chi connectivity index (χ2n) is 4.39. The molecule has 3 fully saturated rings.